The number of nitrogens with zero attached hydrogens (tertiary/aromatic N) is 3. The van der Waals surface area contributed by atoms with Crippen LogP contribution in [0, 0.1) is 0 Å². The van der Waals surface area contributed by atoms with Crippen molar-refractivity contribution in [2.24, 2.45) is 0 Å². The lowest BCUT2D eigenvalue weighted by molar-refractivity contribution is -0.115. The first kappa shape index (κ1) is 19.1. The van der Waals surface area contributed by atoms with Crippen LogP contribution in [-0.2, 0) is 10.5 Å². The Bertz CT molecular complexity index is 787. The van der Waals surface area contributed by atoms with E-state index in [9.17, 15) is 4.79 Å². The molecule has 1 aromatic heterocycles. The van der Waals surface area contributed by atoms with Crippen LogP contribution in [0.3, 0.4) is 0 Å². The lowest BCUT2D eigenvalue weighted by Crippen LogP contribution is -2.23. The van der Waals surface area contributed by atoms with Crippen molar-refractivity contribution >= 4 is 56.4 Å². The molecule has 5 nitrogen and oxygen atoms in total. The Kier molecular flexibility index (Phi) is 6.50. The number of hydrogen-bond acceptors (Lipinski definition) is 6. The first-order chi connectivity index (χ1) is 12.6. The third kappa shape index (κ3) is 4.36. The van der Waals surface area contributed by atoms with Crippen molar-refractivity contribution in [3.8, 4) is 5.75 Å². The smallest absolute Gasteiger partial charge is 0.230 e. The van der Waals surface area contributed by atoms with Gasteiger partial charge in [-0.1, -0.05) is 36.1 Å². The Morgan fingerprint density at radius 3 is 2.81 bits per heavy atom. The van der Waals surface area contributed by atoms with Gasteiger partial charge >= 0.3 is 0 Å². The van der Waals surface area contributed by atoms with Crippen LogP contribution in [0.5, 0.6) is 5.75 Å². The zero-order valence-electron chi connectivity index (χ0n) is 14.8. The number of likely N-dealkylation sites (tertiary alicyclic amines) is 1. The van der Waals surface area contributed by atoms with E-state index in [2.05, 4.69) is 9.88 Å². The van der Waals surface area contributed by atoms with Crippen LogP contribution < -0.4 is 9.64 Å². The average molecular weight is 408 g/mol. The molecule has 26 heavy (non-hydrogen) atoms. The van der Waals surface area contributed by atoms with Crippen LogP contribution in [-0.4, -0.2) is 40.3 Å². The summed E-state index contributed by atoms with van der Waals surface area (Å²) in [5.74, 6) is 1.25. The van der Waals surface area contributed by atoms with Gasteiger partial charge in [-0.25, -0.2) is 4.98 Å². The summed E-state index contributed by atoms with van der Waals surface area (Å²) in [6.07, 6.45) is 2.43. The molecule has 1 amide bonds. The summed E-state index contributed by atoms with van der Waals surface area (Å²) in [7, 11) is 1.60. The molecule has 1 fully saturated rings. The number of anilines is 2. The Morgan fingerprint density at radius 2 is 2.12 bits per heavy atom. The maximum atomic E-state index is 12.3. The summed E-state index contributed by atoms with van der Waals surface area (Å²) in [6.45, 7) is 3.64. The number of methoxy groups -OCH3 is 1. The molecule has 0 atom stereocenters. The lowest BCUT2D eigenvalue weighted by Gasteiger charge is -2.20. The monoisotopic (exact) mass is 407 g/mol. The van der Waals surface area contributed by atoms with E-state index in [0.717, 1.165) is 23.1 Å². The van der Waals surface area contributed by atoms with E-state index in [-0.39, 0.29) is 5.91 Å². The van der Waals surface area contributed by atoms with Gasteiger partial charge in [0, 0.05) is 31.1 Å². The van der Waals surface area contributed by atoms with Crippen molar-refractivity contribution in [3.63, 3.8) is 0 Å². The Balaban J connectivity index is 1.73. The molecule has 0 saturated carbocycles. The van der Waals surface area contributed by atoms with Crippen molar-refractivity contribution in [3.05, 3.63) is 35.3 Å². The molecule has 1 saturated heterocycles. The number of rotatable bonds is 5. The second-order valence-corrected chi connectivity index (χ2v) is 8.34. The lowest BCUT2D eigenvalue weighted by atomic mass is 10.2. The van der Waals surface area contributed by atoms with E-state index in [4.69, 9.17) is 17.0 Å². The molecule has 0 radical (unpaired) electrons. The summed E-state index contributed by atoms with van der Waals surface area (Å²) in [6, 6.07) is 7.46. The number of thiazole rings is 1. The molecular formula is C18H21N3O2S3. The fourth-order valence-electron chi connectivity index (χ4n) is 2.81. The van der Waals surface area contributed by atoms with Crippen LogP contribution in [0.25, 0.3) is 0 Å². The van der Waals surface area contributed by atoms with Crippen molar-refractivity contribution in [2.45, 2.75) is 25.5 Å². The molecule has 3 rings (SSSR count). The number of para-hydroxylation sites is 2. The Labute approximate surface area is 167 Å². The molecule has 0 N–H and O–H groups in total. The molecule has 8 heteroatoms. The van der Waals surface area contributed by atoms with Crippen LogP contribution in [0.1, 0.15) is 25.5 Å². The number of benzene rings is 1. The van der Waals surface area contributed by atoms with Gasteiger partial charge in [-0.05, 0) is 25.0 Å². The van der Waals surface area contributed by atoms with Crippen molar-refractivity contribution in [1.82, 2.24) is 9.88 Å². The number of carbonyl (C=O) groups is 1. The summed E-state index contributed by atoms with van der Waals surface area (Å²) < 4.78 is 6.33. The van der Waals surface area contributed by atoms with Gasteiger partial charge in [-0.3, -0.25) is 9.69 Å². The molecule has 0 unspecified atom stereocenters. The highest BCUT2D eigenvalue weighted by molar-refractivity contribution is 8.22. The summed E-state index contributed by atoms with van der Waals surface area (Å²) in [5.41, 5.74) is 1.63. The van der Waals surface area contributed by atoms with E-state index in [1.165, 1.54) is 31.1 Å². The molecule has 1 aromatic carbocycles. The molecule has 0 aliphatic carbocycles. The van der Waals surface area contributed by atoms with E-state index in [0.29, 0.717) is 22.3 Å². The molecule has 2 heterocycles. The van der Waals surface area contributed by atoms with Crippen molar-refractivity contribution < 1.29 is 9.53 Å². The fourth-order valence-corrected chi connectivity index (χ4v) is 4.94. The fraction of sp³-hybridized carbons (Fsp3) is 0.389. The highest BCUT2D eigenvalue weighted by Crippen LogP contribution is 2.36. The molecular weight excluding hydrogens is 386 g/mol. The van der Waals surface area contributed by atoms with Crippen molar-refractivity contribution in [2.75, 3.05) is 25.1 Å². The first-order valence-electron chi connectivity index (χ1n) is 8.40. The van der Waals surface area contributed by atoms with Crippen LogP contribution in [0.2, 0.25) is 0 Å². The summed E-state index contributed by atoms with van der Waals surface area (Å²) in [5, 5.41) is 2.63. The minimum absolute atomic E-state index is 0.101. The standard InChI is InChI=1S/C18H21N3O2S3/c1-13(22)21(15-7-3-4-8-16(15)23-2)17-19-14(11-25-17)12-26-18(24)20-9-5-6-10-20/h3-4,7-8,11H,5-6,9-10,12H2,1-2H3. The SMILES string of the molecule is COc1ccccc1N(C(C)=O)c1nc(CSC(=S)N2CCCC2)cs1. The number of hydrogen-bond donors (Lipinski definition) is 0. The normalized spacial score (nSPS) is 13.7. The van der Waals surface area contributed by atoms with Gasteiger partial charge < -0.3 is 9.64 Å². The Morgan fingerprint density at radius 1 is 1.38 bits per heavy atom. The summed E-state index contributed by atoms with van der Waals surface area (Å²) in [4.78, 5) is 20.8. The maximum absolute atomic E-state index is 12.3. The molecule has 2 aromatic rings. The second-order valence-electron chi connectivity index (χ2n) is 5.90. The Hall–Kier alpha value is -1.64. The van der Waals surface area contributed by atoms with Crippen LogP contribution in [0.4, 0.5) is 10.8 Å². The number of carbonyl (C=O) groups excluding carboxylic acids is 1. The number of amides is 1. The minimum atomic E-state index is -0.101. The van der Waals surface area contributed by atoms with Gasteiger partial charge in [0.25, 0.3) is 0 Å². The molecule has 138 valence electrons. The highest BCUT2D eigenvalue weighted by atomic mass is 32.2. The highest BCUT2D eigenvalue weighted by Gasteiger charge is 2.21. The number of aromatic nitrogens is 1. The average Bonchev–Trinajstić information content (AvgIpc) is 3.32. The van der Waals surface area contributed by atoms with E-state index in [1.807, 2.05) is 29.6 Å². The molecule has 0 bridgehead atoms. The number of thiocarbonyl (C=S) groups is 1. The third-order valence-corrected chi connectivity index (χ3v) is 6.51. The quantitative estimate of drug-likeness (QED) is 0.683. The predicted molar refractivity (Wildman–Crippen MR) is 113 cm³/mol. The van der Waals surface area contributed by atoms with Crippen LogP contribution in [0.15, 0.2) is 29.6 Å². The van der Waals surface area contributed by atoms with E-state index < -0.39 is 0 Å². The maximum Gasteiger partial charge on any atom is 0.230 e. The van der Waals surface area contributed by atoms with Crippen LogP contribution >= 0.6 is 35.3 Å². The van der Waals surface area contributed by atoms with Gasteiger partial charge in [-0.2, -0.15) is 0 Å². The molecule has 0 spiro atoms. The van der Waals surface area contributed by atoms with Gasteiger partial charge in [0.2, 0.25) is 5.91 Å². The summed E-state index contributed by atoms with van der Waals surface area (Å²) >= 11 is 8.59. The van der Waals surface area contributed by atoms with Gasteiger partial charge in [0.15, 0.2) is 5.13 Å². The van der Waals surface area contributed by atoms with E-state index >= 15 is 0 Å². The predicted octanol–water partition coefficient (Wildman–Crippen LogP) is 4.45. The zero-order chi connectivity index (χ0) is 18.5. The van der Waals surface area contributed by atoms with Crippen molar-refractivity contribution in [1.29, 1.82) is 0 Å². The third-order valence-electron chi connectivity index (χ3n) is 4.08. The second kappa shape index (κ2) is 8.83. The largest absolute Gasteiger partial charge is 0.495 e. The van der Waals surface area contributed by atoms with E-state index in [1.54, 1.807) is 23.8 Å². The topological polar surface area (TPSA) is 45.7 Å². The molecule has 1 aliphatic heterocycles. The molecule has 1 aliphatic rings. The number of ether oxygens (including phenoxy) is 1. The first-order valence-corrected chi connectivity index (χ1v) is 10.7. The number of thioether (sulfide) groups is 1. The van der Waals surface area contributed by atoms with Gasteiger partial charge in [-0.15, -0.1) is 11.3 Å². The minimum Gasteiger partial charge on any atom is -0.495 e. The zero-order valence-corrected chi connectivity index (χ0v) is 17.3. The van der Waals surface area contributed by atoms with Gasteiger partial charge in [0.05, 0.1) is 18.5 Å². The van der Waals surface area contributed by atoms with Gasteiger partial charge in [0.1, 0.15) is 10.1 Å².